The summed E-state index contributed by atoms with van der Waals surface area (Å²) in [5, 5.41) is 0. The van der Waals surface area contributed by atoms with Crippen molar-refractivity contribution in [1.29, 1.82) is 0 Å². The number of aliphatic imine (C=N–C) groups is 1. The van der Waals surface area contributed by atoms with Crippen molar-refractivity contribution >= 4 is 17.7 Å². The lowest BCUT2D eigenvalue weighted by atomic mass is 10.2. The Labute approximate surface area is 104 Å². The van der Waals surface area contributed by atoms with Crippen LogP contribution < -0.4 is 10.5 Å². The molecule has 0 aliphatic heterocycles. The van der Waals surface area contributed by atoms with Crippen LogP contribution in [0.25, 0.3) is 0 Å². The lowest BCUT2D eigenvalue weighted by Gasteiger charge is -2.01. The SMILES string of the molecule is CCOC(=O)C(N)=NC(=O)c1ccc(OC)cc1. The van der Waals surface area contributed by atoms with Gasteiger partial charge in [-0.05, 0) is 31.2 Å². The normalized spacial score (nSPS) is 10.9. The third-order valence-electron chi connectivity index (χ3n) is 2.04. The van der Waals surface area contributed by atoms with E-state index in [1.807, 2.05) is 0 Å². The summed E-state index contributed by atoms with van der Waals surface area (Å²) < 4.78 is 9.56. The minimum atomic E-state index is -0.806. The Morgan fingerprint density at radius 2 is 1.89 bits per heavy atom. The maximum absolute atomic E-state index is 11.6. The first-order valence-corrected chi connectivity index (χ1v) is 5.28. The monoisotopic (exact) mass is 250 g/mol. The van der Waals surface area contributed by atoms with Crippen LogP contribution in [0, 0.1) is 0 Å². The summed E-state index contributed by atoms with van der Waals surface area (Å²) in [5.74, 6) is -1.26. The van der Waals surface area contributed by atoms with Crippen LogP contribution in [0.4, 0.5) is 0 Å². The van der Waals surface area contributed by atoms with E-state index >= 15 is 0 Å². The second kappa shape index (κ2) is 6.39. The summed E-state index contributed by atoms with van der Waals surface area (Å²) in [7, 11) is 1.52. The molecule has 0 saturated heterocycles. The maximum Gasteiger partial charge on any atom is 0.373 e. The van der Waals surface area contributed by atoms with Crippen molar-refractivity contribution in [2.45, 2.75) is 6.92 Å². The van der Waals surface area contributed by atoms with Gasteiger partial charge in [0, 0.05) is 5.56 Å². The van der Waals surface area contributed by atoms with Crippen LogP contribution in [0.1, 0.15) is 17.3 Å². The molecule has 0 spiro atoms. The van der Waals surface area contributed by atoms with E-state index in [1.165, 1.54) is 19.2 Å². The summed E-state index contributed by atoms with van der Waals surface area (Å²) in [4.78, 5) is 26.3. The largest absolute Gasteiger partial charge is 0.497 e. The van der Waals surface area contributed by atoms with E-state index in [2.05, 4.69) is 9.73 Å². The molecular formula is C12H14N2O4. The maximum atomic E-state index is 11.6. The summed E-state index contributed by atoms with van der Waals surface area (Å²) in [5.41, 5.74) is 5.64. The number of carbonyl (C=O) groups excluding carboxylic acids is 2. The van der Waals surface area contributed by atoms with Crippen LogP contribution in [0.5, 0.6) is 5.75 Å². The number of methoxy groups -OCH3 is 1. The first-order chi connectivity index (χ1) is 8.58. The number of hydrogen-bond donors (Lipinski definition) is 1. The molecule has 1 aromatic rings. The van der Waals surface area contributed by atoms with Crippen molar-refractivity contribution in [2.75, 3.05) is 13.7 Å². The van der Waals surface area contributed by atoms with Gasteiger partial charge in [-0.2, -0.15) is 4.99 Å². The molecule has 96 valence electrons. The third kappa shape index (κ3) is 3.58. The fourth-order valence-electron chi connectivity index (χ4n) is 1.16. The van der Waals surface area contributed by atoms with E-state index in [0.29, 0.717) is 11.3 Å². The zero-order chi connectivity index (χ0) is 13.5. The lowest BCUT2D eigenvalue weighted by molar-refractivity contribution is -0.135. The highest BCUT2D eigenvalue weighted by molar-refractivity contribution is 6.36. The van der Waals surface area contributed by atoms with Crippen molar-refractivity contribution in [3.8, 4) is 5.75 Å². The molecule has 0 atom stereocenters. The van der Waals surface area contributed by atoms with Crippen LogP contribution in [0.3, 0.4) is 0 Å². The molecule has 0 bridgehead atoms. The van der Waals surface area contributed by atoms with Gasteiger partial charge in [0.05, 0.1) is 13.7 Å². The average Bonchev–Trinajstić information content (AvgIpc) is 2.39. The van der Waals surface area contributed by atoms with E-state index in [0.717, 1.165) is 0 Å². The van der Waals surface area contributed by atoms with Gasteiger partial charge in [0.1, 0.15) is 5.75 Å². The number of nitrogens with two attached hydrogens (primary N) is 1. The fraction of sp³-hybridized carbons (Fsp3) is 0.250. The van der Waals surface area contributed by atoms with Crippen LogP contribution in [0.15, 0.2) is 29.3 Å². The molecule has 0 saturated carbocycles. The minimum absolute atomic E-state index is 0.172. The highest BCUT2D eigenvalue weighted by atomic mass is 16.5. The van der Waals surface area contributed by atoms with Crippen molar-refractivity contribution in [3.63, 3.8) is 0 Å². The predicted molar refractivity (Wildman–Crippen MR) is 65.6 cm³/mol. The Morgan fingerprint density at radius 1 is 1.28 bits per heavy atom. The Balaban J connectivity index is 2.80. The number of amidine groups is 1. The Morgan fingerprint density at radius 3 is 2.39 bits per heavy atom. The van der Waals surface area contributed by atoms with Gasteiger partial charge >= 0.3 is 5.97 Å². The Hall–Kier alpha value is -2.37. The highest BCUT2D eigenvalue weighted by Gasteiger charge is 2.11. The van der Waals surface area contributed by atoms with E-state index in [-0.39, 0.29) is 6.61 Å². The first kappa shape index (κ1) is 13.7. The number of nitrogens with zero attached hydrogens (tertiary/aromatic N) is 1. The molecule has 2 N–H and O–H groups in total. The number of benzene rings is 1. The number of ether oxygens (including phenoxy) is 2. The predicted octanol–water partition coefficient (Wildman–Crippen LogP) is 0.756. The summed E-state index contributed by atoms with van der Waals surface area (Å²) in [6, 6.07) is 6.29. The minimum Gasteiger partial charge on any atom is -0.497 e. The van der Waals surface area contributed by atoms with Crippen LogP contribution >= 0.6 is 0 Å². The van der Waals surface area contributed by atoms with Crippen molar-refractivity contribution in [2.24, 2.45) is 10.7 Å². The zero-order valence-corrected chi connectivity index (χ0v) is 10.2. The van der Waals surface area contributed by atoms with Gasteiger partial charge in [-0.15, -0.1) is 0 Å². The van der Waals surface area contributed by atoms with Gasteiger partial charge in [-0.25, -0.2) is 4.79 Å². The second-order valence-electron chi connectivity index (χ2n) is 3.25. The molecule has 0 unspecified atom stereocenters. The molecule has 18 heavy (non-hydrogen) atoms. The smallest absolute Gasteiger partial charge is 0.373 e. The summed E-state index contributed by atoms with van der Waals surface area (Å²) >= 11 is 0. The van der Waals surface area contributed by atoms with Crippen molar-refractivity contribution in [3.05, 3.63) is 29.8 Å². The van der Waals surface area contributed by atoms with Gasteiger partial charge < -0.3 is 15.2 Å². The molecule has 1 amide bonds. The molecular weight excluding hydrogens is 236 g/mol. The number of rotatable bonds is 3. The summed E-state index contributed by atoms with van der Waals surface area (Å²) in [6.45, 7) is 1.81. The number of carbonyl (C=O) groups is 2. The van der Waals surface area contributed by atoms with Crippen molar-refractivity contribution in [1.82, 2.24) is 0 Å². The molecule has 1 rings (SSSR count). The standard InChI is InChI=1S/C12H14N2O4/c1-3-18-12(16)10(13)14-11(15)8-4-6-9(17-2)7-5-8/h4-7H,3H2,1-2H3,(H2,13,14,15). The average molecular weight is 250 g/mol. The molecule has 1 aromatic carbocycles. The van der Waals surface area contributed by atoms with E-state index in [4.69, 9.17) is 10.5 Å². The van der Waals surface area contributed by atoms with Crippen LogP contribution in [0.2, 0.25) is 0 Å². The molecule has 0 aliphatic rings. The van der Waals surface area contributed by atoms with Gasteiger partial charge in [-0.1, -0.05) is 0 Å². The molecule has 6 nitrogen and oxygen atoms in total. The topological polar surface area (TPSA) is 91.0 Å². The molecule has 6 heteroatoms. The van der Waals surface area contributed by atoms with Crippen molar-refractivity contribution < 1.29 is 19.1 Å². The second-order valence-corrected chi connectivity index (χ2v) is 3.25. The summed E-state index contributed by atoms with van der Waals surface area (Å²) in [6.07, 6.45) is 0. The van der Waals surface area contributed by atoms with Gasteiger partial charge in [0.15, 0.2) is 0 Å². The molecule has 0 radical (unpaired) electrons. The van der Waals surface area contributed by atoms with Gasteiger partial charge in [0.25, 0.3) is 5.91 Å². The fourth-order valence-corrected chi connectivity index (χ4v) is 1.16. The van der Waals surface area contributed by atoms with E-state index in [9.17, 15) is 9.59 Å². The Kier molecular flexibility index (Phi) is 4.86. The molecule has 0 fully saturated rings. The third-order valence-corrected chi connectivity index (χ3v) is 2.04. The molecule has 0 heterocycles. The quantitative estimate of drug-likeness (QED) is 0.485. The van der Waals surface area contributed by atoms with Gasteiger partial charge in [-0.3, -0.25) is 4.79 Å². The van der Waals surface area contributed by atoms with E-state index < -0.39 is 17.7 Å². The van der Waals surface area contributed by atoms with Gasteiger partial charge in [0.2, 0.25) is 5.84 Å². The van der Waals surface area contributed by atoms with E-state index in [1.54, 1.807) is 19.1 Å². The van der Waals surface area contributed by atoms with Crippen LogP contribution in [-0.2, 0) is 9.53 Å². The lowest BCUT2D eigenvalue weighted by Crippen LogP contribution is -2.27. The first-order valence-electron chi connectivity index (χ1n) is 5.28. The highest BCUT2D eigenvalue weighted by Crippen LogP contribution is 2.11. The number of amides is 1. The number of hydrogen-bond acceptors (Lipinski definition) is 4. The number of esters is 1. The molecule has 0 aliphatic carbocycles. The zero-order valence-electron chi connectivity index (χ0n) is 10.2. The molecule has 0 aromatic heterocycles. The Bertz CT molecular complexity index is 465. The van der Waals surface area contributed by atoms with Crippen LogP contribution in [-0.4, -0.2) is 31.4 Å².